The van der Waals surface area contributed by atoms with Gasteiger partial charge < -0.3 is 14.9 Å². The molecule has 2 rings (SSSR count). The fourth-order valence-electron chi connectivity index (χ4n) is 1.84. The van der Waals surface area contributed by atoms with Gasteiger partial charge >= 0.3 is 0 Å². The second-order valence-electron chi connectivity index (χ2n) is 4.90. The van der Waals surface area contributed by atoms with Gasteiger partial charge in [0.25, 0.3) is 5.91 Å². The number of carbonyl (C=O) groups is 1. The molecule has 1 unspecified atom stereocenters. The molecule has 1 amide bonds. The molecule has 1 heterocycles. The predicted octanol–water partition coefficient (Wildman–Crippen LogP) is 1.90. The van der Waals surface area contributed by atoms with Crippen molar-refractivity contribution in [1.29, 1.82) is 0 Å². The first kappa shape index (κ1) is 15.1. The number of nitrogens with zero attached hydrogens (tertiary/aromatic N) is 1. The monoisotopic (exact) mass is 296 g/mol. The summed E-state index contributed by atoms with van der Waals surface area (Å²) in [5.41, 5.74) is -1.74. The number of aromatic nitrogens is 1. The van der Waals surface area contributed by atoms with Crippen LogP contribution in [0.15, 0.2) is 28.8 Å². The average molecular weight is 296 g/mol. The SMILES string of the molecule is Cc1cc(C(=O)NCC(C)(O)c2ccc(F)cc2F)no1. The van der Waals surface area contributed by atoms with Crippen LogP contribution in [0.25, 0.3) is 0 Å². The van der Waals surface area contributed by atoms with Crippen molar-refractivity contribution in [3.8, 4) is 0 Å². The Bertz CT molecular complexity index is 668. The Kier molecular flexibility index (Phi) is 4.04. The summed E-state index contributed by atoms with van der Waals surface area (Å²) in [6.45, 7) is 2.69. The van der Waals surface area contributed by atoms with E-state index in [0.29, 0.717) is 11.8 Å². The Hall–Kier alpha value is -2.28. The van der Waals surface area contributed by atoms with Crippen molar-refractivity contribution in [1.82, 2.24) is 10.5 Å². The van der Waals surface area contributed by atoms with Gasteiger partial charge in [-0.2, -0.15) is 0 Å². The van der Waals surface area contributed by atoms with Gasteiger partial charge in [0.15, 0.2) is 5.69 Å². The molecule has 1 atom stereocenters. The third kappa shape index (κ3) is 3.43. The van der Waals surface area contributed by atoms with Crippen LogP contribution in [-0.4, -0.2) is 22.7 Å². The second kappa shape index (κ2) is 5.61. The van der Waals surface area contributed by atoms with Crippen LogP contribution in [-0.2, 0) is 5.60 Å². The van der Waals surface area contributed by atoms with Crippen LogP contribution in [0.4, 0.5) is 8.78 Å². The van der Waals surface area contributed by atoms with Crippen LogP contribution in [0, 0.1) is 18.6 Å². The largest absolute Gasteiger partial charge is 0.383 e. The average Bonchev–Trinajstić information content (AvgIpc) is 2.82. The molecule has 0 saturated carbocycles. The molecule has 0 bridgehead atoms. The zero-order valence-corrected chi connectivity index (χ0v) is 11.5. The van der Waals surface area contributed by atoms with E-state index in [1.807, 2.05) is 0 Å². The molecular weight excluding hydrogens is 282 g/mol. The second-order valence-corrected chi connectivity index (χ2v) is 4.90. The molecular formula is C14H14F2N2O3. The van der Waals surface area contributed by atoms with Crippen molar-refractivity contribution in [2.75, 3.05) is 6.54 Å². The van der Waals surface area contributed by atoms with Crippen LogP contribution < -0.4 is 5.32 Å². The molecule has 0 saturated heterocycles. The van der Waals surface area contributed by atoms with Crippen LogP contribution in [0.1, 0.15) is 28.7 Å². The van der Waals surface area contributed by atoms with Gasteiger partial charge in [0.1, 0.15) is 23.0 Å². The molecule has 1 aromatic heterocycles. The summed E-state index contributed by atoms with van der Waals surface area (Å²) in [5.74, 6) is -1.72. The zero-order chi connectivity index (χ0) is 15.6. The zero-order valence-electron chi connectivity index (χ0n) is 11.5. The Morgan fingerprint density at radius 3 is 2.71 bits per heavy atom. The van der Waals surface area contributed by atoms with E-state index in [2.05, 4.69) is 10.5 Å². The van der Waals surface area contributed by atoms with Gasteiger partial charge in [-0.3, -0.25) is 4.79 Å². The lowest BCUT2D eigenvalue weighted by Crippen LogP contribution is -2.39. The quantitative estimate of drug-likeness (QED) is 0.903. The van der Waals surface area contributed by atoms with Crippen LogP contribution in [0.5, 0.6) is 0 Å². The molecule has 0 aliphatic rings. The minimum absolute atomic E-state index is 0.0582. The van der Waals surface area contributed by atoms with Crippen molar-refractivity contribution < 1.29 is 23.2 Å². The van der Waals surface area contributed by atoms with E-state index in [9.17, 15) is 18.7 Å². The molecule has 0 spiro atoms. The van der Waals surface area contributed by atoms with Gasteiger partial charge in [0, 0.05) is 17.7 Å². The van der Waals surface area contributed by atoms with Gasteiger partial charge in [0.2, 0.25) is 0 Å². The van der Waals surface area contributed by atoms with Gasteiger partial charge in [0.05, 0.1) is 6.54 Å². The number of aryl methyl sites for hydroxylation is 1. The third-order valence-corrected chi connectivity index (χ3v) is 2.97. The highest BCUT2D eigenvalue weighted by molar-refractivity contribution is 5.92. The smallest absolute Gasteiger partial charge is 0.273 e. The van der Waals surface area contributed by atoms with E-state index in [1.165, 1.54) is 13.0 Å². The maximum absolute atomic E-state index is 13.7. The van der Waals surface area contributed by atoms with Gasteiger partial charge in [-0.1, -0.05) is 11.2 Å². The highest BCUT2D eigenvalue weighted by Gasteiger charge is 2.28. The lowest BCUT2D eigenvalue weighted by molar-refractivity contribution is 0.0492. The highest BCUT2D eigenvalue weighted by atomic mass is 19.1. The van der Waals surface area contributed by atoms with E-state index >= 15 is 0 Å². The fraction of sp³-hybridized carbons (Fsp3) is 0.286. The summed E-state index contributed by atoms with van der Waals surface area (Å²) < 4.78 is 31.3. The Morgan fingerprint density at radius 2 is 2.14 bits per heavy atom. The Labute approximate surface area is 119 Å². The van der Waals surface area contributed by atoms with E-state index in [-0.39, 0.29) is 17.8 Å². The maximum Gasteiger partial charge on any atom is 0.273 e. The molecule has 0 aliphatic heterocycles. The lowest BCUT2D eigenvalue weighted by atomic mass is 9.95. The van der Waals surface area contributed by atoms with Crippen molar-refractivity contribution >= 4 is 5.91 Å². The molecule has 0 aliphatic carbocycles. The first-order valence-corrected chi connectivity index (χ1v) is 6.19. The van der Waals surface area contributed by atoms with Crippen molar-refractivity contribution in [2.45, 2.75) is 19.4 Å². The molecule has 21 heavy (non-hydrogen) atoms. The van der Waals surface area contributed by atoms with E-state index in [1.54, 1.807) is 6.92 Å². The number of benzene rings is 1. The van der Waals surface area contributed by atoms with Crippen molar-refractivity contribution in [3.63, 3.8) is 0 Å². The summed E-state index contributed by atoms with van der Waals surface area (Å²) in [6, 6.07) is 4.28. The minimum Gasteiger partial charge on any atom is -0.383 e. The minimum atomic E-state index is -1.69. The van der Waals surface area contributed by atoms with E-state index < -0.39 is 23.1 Å². The first-order chi connectivity index (χ1) is 9.79. The molecule has 5 nitrogen and oxygen atoms in total. The predicted molar refractivity (Wildman–Crippen MR) is 69.5 cm³/mol. The summed E-state index contributed by atoms with van der Waals surface area (Å²) >= 11 is 0. The third-order valence-electron chi connectivity index (χ3n) is 2.97. The summed E-state index contributed by atoms with van der Waals surface area (Å²) in [6.07, 6.45) is 0. The number of hydrogen-bond acceptors (Lipinski definition) is 4. The topological polar surface area (TPSA) is 75.4 Å². The number of nitrogens with one attached hydrogen (secondary N) is 1. The summed E-state index contributed by atoms with van der Waals surface area (Å²) in [5, 5.41) is 16.2. The van der Waals surface area contributed by atoms with Gasteiger partial charge in [-0.15, -0.1) is 0 Å². The highest BCUT2D eigenvalue weighted by Crippen LogP contribution is 2.23. The van der Waals surface area contributed by atoms with Crippen LogP contribution >= 0.6 is 0 Å². The number of halogens is 2. The fourth-order valence-corrected chi connectivity index (χ4v) is 1.84. The Morgan fingerprint density at radius 1 is 1.43 bits per heavy atom. The van der Waals surface area contributed by atoms with E-state index in [4.69, 9.17) is 4.52 Å². The number of rotatable bonds is 4. The normalized spacial score (nSPS) is 13.8. The molecule has 2 aromatic rings. The van der Waals surface area contributed by atoms with Gasteiger partial charge in [-0.05, 0) is 19.9 Å². The molecule has 2 N–H and O–H groups in total. The maximum atomic E-state index is 13.7. The summed E-state index contributed by atoms with van der Waals surface area (Å²) in [7, 11) is 0. The Balaban J connectivity index is 2.09. The molecule has 0 fully saturated rings. The number of carbonyl (C=O) groups excluding carboxylic acids is 1. The molecule has 1 aromatic carbocycles. The summed E-state index contributed by atoms with van der Waals surface area (Å²) in [4.78, 5) is 11.8. The van der Waals surface area contributed by atoms with E-state index in [0.717, 1.165) is 12.1 Å². The first-order valence-electron chi connectivity index (χ1n) is 6.19. The molecule has 0 radical (unpaired) electrons. The standard InChI is InChI=1S/C14H14F2N2O3/c1-8-5-12(18-21-8)13(19)17-7-14(2,20)10-4-3-9(15)6-11(10)16/h3-6,20H,7H2,1-2H3,(H,17,19). The number of amides is 1. The molecule has 7 heteroatoms. The number of hydrogen-bond donors (Lipinski definition) is 2. The lowest BCUT2D eigenvalue weighted by Gasteiger charge is -2.24. The number of aliphatic hydroxyl groups is 1. The van der Waals surface area contributed by atoms with Crippen LogP contribution in [0.3, 0.4) is 0 Å². The van der Waals surface area contributed by atoms with Crippen LogP contribution in [0.2, 0.25) is 0 Å². The van der Waals surface area contributed by atoms with Gasteiger partial charge in [-0.25, -0.2) is 8.78 Å². The molecule has 112 valence electrons. The van der Waals surface area contributed by atoms with Crippen molar-refractivity contribution in [2.24, 2.45) is 0 Å². The van der Waals surface area contributed by atoms with Crippen molar-refractivity contribution in [3.05, 3.63) is 52.9 Å².